The van der Waals surface area contributed by atoms with E-state index in [9.17, 15) is 0 Å². The molecule has 0 aliphatic heterocycles. The average molecular weight is 310 g/mol. The summed E-state index contributed by atoms with van der Waals surface area (Å²) < 4.78 is 0. The molecule has 0 heterocycles. The third kappa shape index (κ3) is 2.22. The lowest BCUT2D eigenvalue weighted by atomic mass is 9.91. The van der Waals surface area contributed by atoms with Gasteiger partial charge in [0, 0.05) is 0 Å². The van der Waals surface area contributed by atoms with E-state index in [0.717, 1.165) is 0 Å². The molecule has 0 amide bonds. The molecule has 0 N–H and O–H groups in total. The van der Waals surface area contributed by atoms with E-state index in [1.54, 1.807) is 0 Å². The summed E-state index contributed by atoms with van der Waals surface area (Å²) in [7, 11) is 0. The normalized spacial score (nSPS) is 11.3. The van der Waals surface area contributed by atoms with Crippen molar-refractivity contribution in [3.8, 4) is 11.1 Å². The Labute approximate surface area is 143 Å². The molecule has 0 unspecified atom stereocenters. The van der Waals surface area contributed by atoms with Gasteiger partial charge in [-0.1, -0.05) is 48.5 Å². The molecule has 0 aliphatic rings. The van der Waals surface area contributed by atoms with Crippen molar-refractivity contribution in [2.24, 2.45) is 0 Å². The Morgan fingerprint density at radius 1 is 0.583 bits per heavy atom. The summed E-state index contributed by atoms with van der Waals surface area (Å²) in [5, 5.41) is 5.40. The van der Waals surface area contributed by atoms with Gasteiger partial charge in [0.1, 0.15) is 0 Å². The van der Waals surface area contributed by atoms with Crippen molar-refractivity contribution in [1.82, 2.24) is 0 Å². The predicted octanol–water partition coefficient (Wildman–Crippen LogP) is 6.89. The fourth-order valence-electron chi connectivity index (χ4n) is 3.86. The summed E-state index contributed by atoms with van der Waals surface area (Å²) in [6.45, 7) is 8.86. The minimum absolute atomic E-state index is 1.31. The standard InChI is InChI=1S/C24H22/c1-15-7-6-10-22(17(15)3)20-12-11-19-13-21-9-5-8-16(2)24(21)18(4)23(19)14-20/h5-14H,1-4H3. The molecule has 118 valence electrons. The smallest absolute Gasteiger partial charge is 0.0119 e. The summed E-state index contributed by atoms with van der Waals surface area (Å²) in [4.78, 5) is 0. The van der Waals surface area contributed by atoms with E-state index in [1.165, 1.54) is 54.9 Å². The highest BCUT2D eigenvalue weighted by Crippen LogP contribution is 2.34. The molecule has 0 atom stereocenters. The van der Waals surface area contributed by atoms with Gasteiger partial charge in [-0.15, -0.1) is 0 Å². The van der Waals surface area contributed by atoms with E-state index in [2.05, 4.69) is 88.4 Å². The number of fused-ring (bicyclic) bond motifs is 2. The summed E-state index contributed by atoms with van der Waals surface area (Å²) >= 11 is 0. The number of hydrogen-bond acceptors (Lipinski definition) is 0. The van der Waals surface area contributed by atoms with Crippen molar-refractivity contribution >= 4 is 21.5 Å². The van der Waals surface area contributed by atoms with Crippen LogP contribution in [0.3, 0.4) is 0 Å². The van der Waals surface area contributed by atoms with Crippen LogP contribution in [0.5, 0.6) is 0 Å². The van der Waals surface area contributed by atoms with Crippen LogP contribution in [0.15, 0.2) is 60.7 Å². The molecule has 0 nitrogen and oxygen atoms in total. The van der Waals surface area contributed by atoms with E-state index in [-0.39, 0.29) is 0 Å². The zero-order chi connectivity index (χ0) is 16.8. The van der Waals surface area contributed by atoms with Gasteiger partial charge in [-0.3, -0.25) is 0 Å². The van der Waals surface area contributed by atoms with Gasteiger partial charge in [0.05, 0.1) is 0 Å². The third-order valence-corrected chi connectivity index (χ3v) is 5.36. The van der Waals surface area contributed by atoms with Crippen LogP contribution in [0.4, 0.5) is 0 Å². The van der Waals surface area contributed by atoms with Gasteiger partial charge in [0.25, 0.3) is 0 Å². The van der Waals surface area contributed by atoms with E-state index >= 15 is 0 Å². The lowest BCUT2D eigenvalue weighted by Gasteiger charge is -2.13. The highest BCUT2D eigenvalue weighted by atomic mass is 14.1. The van der Waals surface area contributed by atoms with Gasteiger partial charge >= 0.3 is 0 Å². The Balaban J connectivity index is 2.05. The maximum absolute atomic E-state index is 2.36. The molecule has 0 aromatic heterocycles. The van der Waals surface area contributed by atoms with Crippen molar-refractivity contribution in [1.29, 1.82) is 0 Å². The molecule has 0 heteroatoms. The second-order valence-corrected chi connectivity index (χ2v) is 6.86. The molecule has 0 fully saturated rings. The zero-order valence-corrected chi connectivity index (χ0v) is 14.8. The zero-order valence-electron chi connectivity index (χ0n) is 14.8. The Morgan fingerprint density at radius 3 is 2.17 bits per heavy atom. The van der Waals surface area contributed by atoms with Crippen LogP contribution in [-0.4, -0.2) is 0 Å². The minimum atomic E-state index is 1.31. The van der Waals surface area contributed by atoms with Crippen molar-refractivity contribution in [2.45, 2.75) is 27.7 Å². The monoisotopic (exact) mass is 310 g/mol. The van der Waals surface area contributed by atoms with E-state index < -0.39 is 0 Å². The third-order valence-electron chi connectivity index (χ3n) is 5.36. The Morgan fingerprint density at radius 2 is 1.33 bits per heavy atom. The molecule has 0 aliphatic carbocycles. The number of hydrogen-bond donors (Lipinski definition) is 0. The Hall–Kier alpha value is -2.60. The predicted molar refractivity (Wildman–Crippen MR) is 106 cm³/mol. The Kier molecular flexibility index (Phi) is 3.42. The quantitative estimate of drug-likeness (QED) is 0.336. The first kappa shape index (κ1) is 15.0. The molecule has 4 rings (SSSR count). The molecule has 0 radical (unpaired) electrons. The molecule has 0 saturated carbocycles. The van der Waals surface area contributed by atoms with E-state index in [0.29, 0.717) is 0 Å². The highest BCUT2D eigenvalue weighted by molar-refractivity contribution is 6.04. The van der Waals surface area contributed by atoms with E-state index in [4.69, 9.17) is 0 Å². The second-order valence-electron chi connectivity index (χ2n) is 6.86. The van der Waals surface area contributed by atoms with Crippen LogP contribution in [0, 0.1) is 27.7 Å². The van der Waals surface area contributed by atoms with Gasteiger partial charge in [0.15, 0.2) is 0 Å². The van der Waals surface area contributed by atoms with Gasteiger partial charge in [0.2, 0.25) is 0 Å². The van der Waals surface area contributed by atoms with Gasteiger partial charge in [-0.2, -0.15) is 0 Å². The maximum Gasteiger partial charge on any atom is -0.0119 e. The SMILES string of the molecule is Cc1cccc(-c2ccc3cc4cccc(C)c4c(C)c3c2)c1C. The fraction of sp³-hybridized carbons (Fsp3) is 0.167. The van der Waals surface area contributed by atoms with Crippen LogP contribution in [0.1, 0.15) is 22.3 Å². The highest BCUT2D eigenvalue weighted by Gasteiger charge is 2.09. The first-order valence-electron chi connectivity index (χ1n) is 8.55. The molecule has 4 aromatic carbocycles. The minimum Gasteiger partial charge on any atom is -0.0614 e. The molecular weight excluding hydrogens is 288 g/mol. The first-order valence-corrected chi connectivity index (χ1v) is 8.55. The topological polar surface area (TPSA) is 0 Å². The molecule has 4 aromatic rings. The van der Waals surface area contributed by atoms with Crippen LogP contribution < -0.4 is 0 Å². The maximum atomic E-state index is 2.36. The molecular formula is C24H22. The van der Waals surface area contributed by atoms with Crippen molar-refractivity contribution < 1.29 is 0 Å². The number of benzene rings is 4. The first-order chi connectivity index (χ1) is 11.6. The Bertz CT molecular complexity index is 1080. The van der Waals surface area contributed by atoms with Crippen molar-refractivity contribution in [3.63, 3.8) is 0 Å². The summed E-state index contributed by atoms with van der Waals surface area (Å²) in [6.07, 6.45) is 0. The van der Waals surface area contributed by atoms with Crippen LogP contribution >= 0.6 is 0 Å². The molecule has 0 saturated heterocycles. The molecule has 0 spiro atoms. The van der Waals surface area contributed by atoms with Crippen LogP contribution in [-0.2, 0) is 0 Å². The van der Waals surface area contributed by atoms with Crippen LogP contribution in [0.2, 0.25) is 0 Å². The lowest BCUT2D eigenvalue weighted by molar-refractivity contribution is 1.34. The lowest BCUT2D eigenvalue weighted by Crippen LogP contribution is -1.90. The summed E-state index contributed by atoms with van der Waals surface area (Å²) in [5.41, 5.74) is 8.09. The van der Waals surface area contributed by atoms with Gasteiger partial charge in [-0.05, 0) is 94.8 Å². The number of rotatable bonds is 1. The summed E-state index contributed by atoms with van der Waals surface area (Å²) in [6, 6.07) is 22.3. The molecule has 0 bridgehead atoms. The van der Waals surface area contributed by atoms with Crippen molar-refractivity contribution in [3.05, 3.63) is 82.9 Å². The van der Waals surface area contributed by atoms with Crippen LogP contribution in [0.25, 0.3) is 32.7 Å². The van der Waals surface area contributed by atoms with Gasteiger partial charge < -0.3 is 0 Å². The summed E-state index contributed by atoms with van der Waals surface area (Å²) in [5.74, 6) is 0. The molecule has 24 heavy (non-hydrogen) atoms. The second kappa shape index (κ2) is 5.49. The van der Waals surface area contributed by atoms with E-state index in [1.807, 2.05) is 0 Å². The number of aryl methyl sites for hydroxylation is 3. The van der Waals surface area contributed by atoms with Gasteiger partial charge in [-0.25, -0.2) is 0 Å². The largest absolute Gasteiger partial charge is 0.0614 e. The average Bonchev–Trinajstić information content (AvgIpc) is 2.57. The van der Waals surface area contributed by atoms with Crippen molar-refractivity contribution in [2.75, 3.05) is 0 Å². The fourth-order valence-corrected chi connectivity index (χ4v) is 3.86.